The number of carbonyl (C=O) groups excluding carboxylic acids is 1. The van der Waals surface area contributed by atoms with Crippen LogP contribution >= 0.6 is 38.5 Å². The molecule has 2 nitrogen and oxygen atoms in total. The third-order valence-corrected chi connectivity index (χ3v) is 2.14. The maximum atomic E-state index is 12.8. The van der Waals surface area contributed by atoms with E-state index in [2.05, 4.69) is 20.7 Å². The van der Waals surface area contributed by atoms with E-state index < -0.39 is 11.8 Å². The van der Waals surface area contributed by atoms with Crippen LogP contribution in [0.2, 0.25) is 0 Å². The van der Waals surface area contributed by atoms with Gasteiger partial charge in [-0.25, -0.2) is 9.18 Å². The van der Waals surface area contributed by atoms with Gasteiger partial charge in [0.15, 0.2) is 0 Å². The van der Waals surface area contributed by atoms with Gasteiger partial charge in [-0.15, -0.1) is 0 Å². The van der Waals surface area contributed by atoms with Gasteiger partial charge in [0, 0.05) is 3.57 Å². The number of benzene rings is 1. The maximum absolute atomic E-state index is 12.8. The summed E-state index contributed by atoms with van der Waals surface area (Å²) in [6.45, 7) is 0. The summed E-state index contributed by atoms with van der Waals surface area (Å²) >= 11 is 4.88. The highest BCUT2D eigenvalue weighted by atomic mass is 127. The summed E-state index contributed by atoms with van der Waals surface area (Å²) in [5.74, 6) is -0.970. The van der Waals surface area contributed by atoms with Crippen LogP contribution in [0.25, 0.3) is 0 Å². The third kappa shape index (κ3) is 3.22. The van der Waals surface area contributed by atoms with E-state index in [1.54, 1.807) is 6.07 Å². The number of hydrogen-bond acceptors (Lipinski definition) is 2. The van der Waals surface area contributed by atoms with Crippen LogP contribution in [-0.4, -0.2) is 11.5 Å². The Kier molecular flexibility index (Phi) is 4.11. The second kappa shape index (κ2) is 4.90. The molecule has 0 saturated carbocycles. The van der Waals surface area contributed by atoms with Gasteiger partial charge in [0.25, 0.3) is 0 Å². The average Bonchev–Trinajstić information content (AvgIpc) is 2.03. The fraction of sp³-hybridized carbons (Fsp3) is 0.125. The molecule has 0 aliphatic rings. The second-order valence-electron chi connectivity index (χ2n) is 2.20. The van der Waals surface area contributed by atoms with Crippen molar-refractivity contribution in [3.8, 4) is 0 Å². The van der Waals surface area contributed by atoms with Gasteiger partial charge in [-0.05, 0) is 56.7 Å². The Morgan fingerprint density at radius 2 is 2.23 bits per heavy atom. The largest absolute Gasteiger partial charge is 0.450 e. The Morgan fingerprint density at radius 1 is 1.54 bits per heavy atom. The van der Waals surface area contributed by atoms with Crippen LogP contribution in [0, 0.1) is 9.39 Å². The smallest absolute Gasteiger partial charge is 0.339 e. The Bertz CT molecular complexity index is 310. The van der Waals surface area contributed by atoms with Crippen molar-refractivity contribution in [1.29, 1.82) is 0 Å². The molecule has 0 amide bonds. The molecule has 0 atom stereocenters. The molecular formula is C8H5BrFIO2. The fourth-order valence-corrected chi connectivity index (χ4v) is 1.65. The number of esters is 1. The van der Waals surface area contributed by atoms with Crippen LogP contribution in [0.15, 0.2) is 18.2 Å². The lowest BCUT2D eigenvalue weighted by atomic mass is 10.2. The first-order valence-electron chi connectivity index (χ1n) is 3.32. The molecule has 0 bridgehead atoms. The zero-order valence-electron chi connectivity index (χ0n) is 6.39. The highest BCUT2D eigenvalue weighted by Gasteiger charge is 2.08. The summed E-state index contributed by atoms with van der Waals surface area (Å²) in [5.41, 5.74) is 0.336. The molecular weight excluding hydrogens is 354 g/mol. The minimum Gasteiger partial charge on any atom is -0.450 e. The van der Waals surface area contributed by atoms with Crippen molar-refractivity contribution < 1.29 is 13.9 Å². The van der Waals surface area contributed by atoms with Crippen LogP contribution in [0.5, 0.6) is 0 Å². The normalized spacial score (nSPS) is 9.77. The van der Waals surface area contributed by atoms with Crippen molar-refractivity contribution in [3.63, 3.8) is 0 Å². The standard InChI is InChI=1S/C8H5BrFIO2/c9-4-13-8(12)5-1-6(10)3-7(11)2-5/h1-3H,4H2. The summed E-state index contributed by atoms with van der Waals surface area (Å²) in [5, 5.41) is 0. The highest BCUT2D eigenvalue weighted by Crippen LogP contribution is 2.12. The van der Waals surface area contributed by atoms with Gasteiger partial charge < -0.3 is 4.74 Å². The quantitative estimate of drug-likeness (QED) is 0.461. The lowest BCUT2D eigenvalue weighted by molar-refractivity contribution is 0.0583. The van der Waals surface area contributed by atoms with Crippen molar-refractivity contribution in [2.75, 3.05) is 5.52 Å². The van der Waals surface area contributed by atoms with Gasteiger partial charge in [-0.3, -0.25) is 0 Å². The second-order valence-corrected chi connectivity index (χ2v) is 3.90. The van der Waals surface area contributed by atoms with E-state index in [1.165, 1.54) is 6.07 Å². The van der Waals surface area contributed by atoms with E-state index in [0.717, 1.165) is 6.07 Å². The van der Waals surface area contributed by atoms with Crippen LogP contribution in [0.4, 0.5) is 4.39 Å². The summed E-state index contributed by atoms with van der Waals surface area (Å²) in [7, 11) is 0. The first-order chi connectivity index (χ1) is 6.13. The Labute approximate surface area is 96.7 Å². The molecule has 0 aromatic heterocycles. The summed E-state index contributed by atoms with van der Waals surface area (Å²) in [6, 6.07) is 4.05. The maximum Gasteiger partial charge on any atom is 0.339 e. The van der Waals surface area contributed by atoms with E-state index >= 15 is 0 Å². The van der Waals surface area contributed by atoms with Crippen molar-refractivity contribution in [3.05, 3.63) is 33.1 Å². The Morgan fingerprint density at radius 3 is 2.77 bits per heavy atom. The minimum atomic E-state index is -0.533. The van der Waals surface area contributed by atoms with E-state index in [1.807, 2.05) is 22.6 Å². The molecule has 0 aliphatic carbocycles. The van der Waals surface area contributed by atoms with Crippen molar-refractivity contribution >= 4 is 44.5 Å². The molecule has 0 unspecified atom stereocenters. The monoisotopic (exact) mass is 358 g/mol. The molecule has 0 radical (unpaired) electrons. The topological polar surface area (TPSA) is 26.3 Å². The molecule has 70 valence electrons. The lowest BCUT2D eigenvalue weighted by Crippen LogP contribution is -2.04. The fourth-order valence-electron chi connectivity index (χ4n) is 0.805. The predicted molar refractivity (Wildman–Crippen MR) is 58.3 cm³/mol. The number of alkyl halides is 1. The molecule has 0 saturated heterocycles. The molecule has 0 spiro atoms. The number of carbonyl (C=O) groups is 1. The molecule has 1 aromatic rings. The van der Waals surface area contributed by atoms with Crippen molar-refractivity contribution in [2.24, 2.45) is 0 Å². The van der Waals surface area contributed by atoms with Gasteiger partial charge >= 0.3 is 5.97 Å². The van der Waals surface area contributed by atoms with E-state index in [0.29, 0.717) is 3.57 Å². The molecule has 1 rings (SSSR count). The van der Waals surface area contributed by atoms with E-state index in [4.69, 9.17) is 0 Å². The van der Waals surface area contributed by atoms with Gasteiger partial charge in [-0.1, -0.05) is 0 Å². The summed E-state index contributed by atoms with van der Waals surface area (Å²) in [4.78, 5) is 11.1. The lowest BCUT2D eigenvalue weighted by Gasteiger charge is -2.01. The molecule has 0 aliphatic heterocycles. The first kappa shape index (κ1) is 10.9. The van der Waals surface area contributed by atoms with Crippen LogP contribution in [0.1, 0.15) is 10.4 Å². The average molecular weight is 359 g/mol. The highest BCUT2D eigenvalue weighted by molar-refractivity contribution is 14.1. The molecule has 0 N–H and O–H groups in total. The van der Waals surface area contributed by atoms with Crippen molar-refractivity contribution in [2.45, 2.75) is 0 Å². The zero-order chi connectivity index (χ0) is 9.84. The molecule has 5 heteroatoms. The number of hydrogen-bond donors (Lipinski definition) is 0. The SMILES string of the molecule is O=C(OCBr)c1cc(F)cc(I)c1. The van der Waals surface area contributed by atoms with Gasteiger partial charge in [0.05, 0.1) is 5.56 Å². The molecule has 0 fully saturated rings. The molecule has 13 heavy (non-hydrogen) atoms. The first-order valence-corrected chi connectivity index (χ1v) is 5.52. The Hall–Kier alpha value is -0.170. The predicted octanol–water partition coefficient (Wildman–Crippen LogP) is 2.94. The molecule has 0 heterocycles. The number of rotatable bonds is 2. The van der Waals surface area contributed by atoms with E-state index in [9.17, 15) is 9.18 Å². The summed E-state index contributed by atoms with van der Waals surface area (Å²) < 4.78 is 18.1. The van der Waals surface area contributed by atoms with Crippen LogP contribution in [-0.2, 0) is 4.74 Å². The Balaban J connectivity index is 2.94. The van der Waals surface area contributed by atoms with Crippen LogP contribution in [0.3, 0.4) is 0 Å². The third-order valence-electron chi connectivity index (χ3n) is 1.28. The van der Waals surface area contributed by atoms with Gasteiger partial charge in [0.1, 0.15) is 11.3 Å². The van der Waals surface area contributed by atoms with Gasteiger partial charge in [-0.2, -0.15) is 0 Å². The summed E-state index contributed by atoms with van der Waals surface area (Å²) in [6.07, 6.45) is 0. The van der Waals surface area contributed by atoms with E-state index in [-0.39, 0.29) is 11.1 Å². The van der Waals surface area contributed by atoms with Crippen LogP contribution < -0.4 is 0 Å². The number of ether oxygens (including phenoxy) is 1. The van der Waals surface area contributed by atoms with Crippen molar-refractivity contribution in [1.82, 2.24) is 0 Å². The zero-order valence-corrected chi connectivity index (χ0v) is 10.1. The van der Waals surface area contributed by atoms with Gasteiger partial charge in [0.2, 0.25) is 0 Å². The minimum absolute atomic E-state index is 0.110. The molecule has 1 aromatic carbocycles. The number of halogens is 3.